The number of furan rings is 1. The monoisotopic (exact) mass is 466 g/mol. The molecule has 1 aromatic carbocycles. The molecule has 6 atom stereocenters. The summed E-state index contributed by atoms with van der Waals surface area (Å²) in [5.74, 6) is -0.497. The van der Waals surface area contributed by atoms with Crippen molar-refractivity contribution in [1.29, 1.82) is 0 Å². The SMILES string of the molecule is CC(=O)OC1C(O)C2C(C)(C)C(=O)CCC2(C)C2Cc3c(cc(O)c(-c4ccoc4)c3C)C12C. The van der Waals surface area contributed by atoms with Gasteiger partial charge in [0.2, 0.25) is 0 Å². The van der Waals surface area contributed by atoms with Crippen molar-refractivity contribution in [3.05, 3.63) is 41.3 Å². The average molecular weight is 467 g/mol. The van der Waals surface area contributed by atoms with E-state index in [0.717, 1.165) is 34.2 Å². The second kappa shape index (κ2) is 7.20. The number of phenols is 1. The lowest BCUT2D eigenvalue weighted by Crippen LogP contribution is -2.69. The second-order valence-corrected chi connectivity index (χ2v) is 11.6. The van der Waals surface area contributed by atoms with Crippen molar-refractivity contribution in [2.75, 3.05) is 0 Å². The Hall–Kier alpha value is -2.60. The summed E-state index contributed by atoms with van der Waals surface area (Å²) in [5.41, 5.74) is 2.75. The number of rotatable bonds is 2. The first-order valence-corrected chi connectivity index (χ1v) is 12.1. The first kappa shape index (κ1) is 23.2. The number of carbonyl (C=O) groups is 2. The van der Waals surface area contributed by atoms with Crippen LogP contribution < -0.4 is 0 Å². The van der Waals surface area contributed by atoms with Crippen LogP contribution in [0.2, 0.25) is 0 Å². The maximum atomic E-state index is 13.0. The molecule has 2 N–H and O–H groups in total. The number of fused-ring (bicyclic) bond motifs is 5. The molecule has 182 valence electrons. The predicted octanol–water partition coefficient (Wildman–Crippen LogP) is 4.71. The van der Waals surface area contributed by atoms with Crippen LogP contribution in [0.25, 0.3) is 11.1 Å². The Morgan fingerprint density at radius 3 is 2.56 bits per heavy atom. The van der Waals surface area contributed by atoms with Gasteiger partial charge in [-0.25, -0.2) is 0 Å². The van der Waals surface area contributed by atoms with E-state index >= 15 is 0 Å². The molecule has 1 heterocycles. The number of hydrogen-bond donors (Lipinski definition) is 2. The van der Waals surface area contributed by atoms with Gasteiger partial charge in [-0.2, -0.15) is 0 Å². The maximum absolute atomic E-state index is 13.0. The van der Waals surface area contributed by atoms with E-state index < -0.39 is 29.0 Å². The zero-order chi connectivity index (χ0) is 24.8. The molecule has 0 saturated heterocycles. The predicted molar refractivity (Wildman–Crippen MR) is 126 cm³/mol. The molecule has 6 unspecified atom stereocenters. The molecule has 1 aromatic heterocycles. The summed E-state index contributed by atoms with van der Waals surface area (Å²) in [6, 6.07) is 3.62. The number of phenolic OH excluding ortho intramolecular Hbond substituents is 1. The molecule has 2 saturated carbocycles. The largest absolute Gasteiger partial charge is 0.507 e. The number of hydrogen-bond acceptors (Lipinski definition) is 6. The number of aliphatic hydroxyl groups is 1. The summed E-state index contributed by atoms with van der Waals surface area (Å²) in [4.78, 5) is 25.2. The van der Waals surface area contributed by atoms with Crippen LogP contribution in [-0.2, 0) is 26.2 Å². The van der Waals surface area contributed by atoms with E-state index in [1.165, 1.54) is 6.92 Å². The van der Waals surface area contributed by atoms with Gasteiger partial charge in [0.05, 0.1) is 18.6 Å². The van der Waals surface area contributed by atoms with E-state index in [9.17, 15) is 19.8 Å². The first-order chi connectivity index (χ1) is 15.8. The van der Waals surface area contributed by atoms with Crippen molar-refractivity contribution in [3.8, 4) is 16.9 Å². The van der Waals surface area contributed by atoms with Gasteiger partial charge in [-0.15, -0.1) is 0 Å². The van der Waals surface area contributed by atoms with Crippen molar-refractivity contribution in [2.24, 2.45) is 22.7 Å². The van der Waals surface area contributed by atoms with Gasteiger partial charge >= 0.3 is 5.97 Å². The number of aromatic hydroxyl groups is 1. The Labute approximate surface area is 200 Å². The lowest BCUT2D eigenvalue weighted by molar-refractivity contribution is -0.222. The van der Waals surface area contributed by atoms with E-state index in [4.69, 9.17) is 9.15 Å². The number of benzene rings is 1. The molecule has 5 rings (SSSR count). The standard InChI is InChI=1S/C28H34O6/c1-14-17-11-20-27(5)9-7-21(31)26(3,4)24(27)23(32)25(34-15(2)29)28(20,6)18(17)12-19(30)22(14)16-8-10-33-13-16/h8,10,12-13,20,23-25,30,32H,7,9,11H2,1-6H3. The molecule has 6 heteroatoms. The number of carbonyl (C=O) groups excluding carboxylic acids is 2. The summed E-state index contributed by atoms with van der Waals surface area (Å²) in [7, 11) is 0. The van der Waals surface area contributed by atoms with Crippen LogP contribution >= 0.6 is 0 Å². The lowest BCUT2D eigenvalue weighted by Gasteiger charge is -2.63. The Morgan fingerprint density at radius 1 is 1.24 bits per heavy atom. The number of ketones is 1. The summed E-state index contributed by atoms with van der Waals surface area (Å²) >= 11 is 0. The molecule has 6 nitrogen and oxygen atoms in total. The molecule has 3 aliphatic rings. The summed E-state index contributed by atoms with van der Waals surface area (Å²) in [6.45, 7) is 11.5. The van der Waals surface area contributed by atoms with Crippen molar-refractivity contribution in [2.45, 2.75) is 78.4 Å². The minimum absolute atomic E-state index is 0.0258. The maximum Gasteiger partial charge on any atom is 0.303 e. The number of aliphatic hydroxyl groups excluding tert-OH is 1. The topological polar surface area (TPSA) is 97.0 Å². The number of esters is 1. The minimum Gasteiger partial charge on any atom is -0.507 e. The highest BCUT2D eigenvalue weighted by Crippen LogP contribution is 2.68. The van der Waals surface area contributed by atoms with E-state index in [1.54, 1.807) is 18.6 Å². The number of ether oxygens (including phenoxy) is 1. The van der Waals surface area contributed by atoms with Crippen molar-refractivity contribution in [1.82, 2.24) is 0 Å². The Bertz CT molecular complexity index is 1180. The molecule has 0 spiro atoms. The van der Waals surface area contributed by atoms with Gasteiger partial charge in [-0.05, 0) is 59.9 Å². The van der Waals surface area contributed by atoms with Crippen LogP contribution in [0.1, 0.15) is 64.2 Å². The zero-order valence-corrected chi connectivity index (χ0v) is 20.8. The lowest BCUT2D eigenvalue weighted by atomic mass is 9.41. The molecule has 0 aliphatic heterocycles. The molecular weight excluding hydrogens is 432 g/mol. The normalized spacial score (nSPS) is 35.9. The van der Waals surface area contributed by atoms with E-state index in [2.05, 4.69) is 13.8 Å². The third-order valence-corrected chi connectivity index (χ3v) is 9.64. The van der Waals surface area contributed by atoms with Crippen LogP contribution in [0.3, 0.4) is 0 Å². The quantitative estimate of drug-likeness (QED) is 0.623. The van der Waals surface area contributed by atoms with E-state index in [-0.39, 0.29) is 28.8 Å². The van der Waals surface area contributed by atoms with E-state index in [0.29, 0.717) is 12.8 Å². The highest BCUT2D eigenvalue weighted by molar-refractivity contribution is 5.86. The molecule has 2 fully saturated rings. The summed E-state index contributed by atoms with van der Waals surface area (Å²) in [5, 5.41) is 22.9. The molecule has 34 heavy (non-hydrogen) atoms. The Balaban J connectivity index is 1.75. The van der Waals surface area contributed by atoms with Crippen LogP contribution in [0.4, 0.5) is 0 Å². The smallest absolute Gasteiger partial charge is 0.303 e. The zero-order valence-electron chi connectivity index (χ0n) is 20.8. The molecule has 0 amide bonds. The first-order valence-electron chi connectivity index (χ1n) is 12.1. The van der Waals surface area contributed by atoms with Crippen LogP contribution in [0.15, 0.2) is 29.1 Å². The molecule has 0 bridgehead atoms. The van der Waals surface area contributed by atoms with Gasteiger partial charge in [-0.1, -0.05) is 27.7 Å². The Kier molecular flexibility index (Phi) is 4.91. The fraction of sp³-hybridized carbons (Fsp3) is 0.571. The van der Waals surface area contributed by atoms with Crippen molar-refractivity contribution in [3.63, 3.8) is 0 Å². The van der Waals surface area contributed by atoms with Gasteiger partial charge in [0.15, 0.2) is 0 Å². The van der Waals surface area contributed by atoms with Crippen LogP contribution in [0.5, 0.6) is 5.75 Å². The van der Waals surface area contributed by atoms with Crippen molar-refractivity contribution < 1.29 is 29.0 Å². The van der Waals surface area contributed by atoms with Gasteiger partial charge < -0.3 is 19.4 Å². The fourth-order valence-electron chi connectivity index (χ4n) is 8.20. The highest BCUT2D eigenvalue weighted by Gasteiger charge is 2.70. The summed E-state index contributed by atoms with van der Waals surface area (Å²) < 4.78 is 11.2. The molecule has 0 radical (unpaired) electrons. The second-order valence-electron chi connectivity index (χ2n) is 11.6. The molecule has 3 aliphatic carbocycles. The van der Waals surface area contributed by atoms with Crippen LogP contribution in [-0.4, -0.2) is 34.2 Å². The van der Waals surface area contributed by atoms with Gasteiger partial charge in [0.1, 0.15) is 17.6 Å². The van der Waals surface area contributed by atoms with Gasteiger partial charge in [0.25, 0.3) is 0 Å². The average Bonchev–Trinajstić information content (AvgIpc) is 3.36. The Morgan fingerprint density at radius 2 is 1.94 bits per heavy atom. The third kappa shape index (κ3) is 2.78. The van der Waals surface area contributed by atoms with Crippen molar-refractivity contribution >= 4 is 11.8 Å². The fourth-order valence-corrected chi connectivity index (χ4v) is 8.20. The van der Waals surface area contributed by atoms with Crippen LogP contribution in [0, 0.1) is 29.6 Å². The third-order valence-electron chi connectivity index (χ3n) is 9.64. The van der Waals surface area contributed by atoms with Gasteiger partial charge in [0, 0.05) is 41.2 Å². The summed E-state index contributed by atoms with van der Waals surface area (Å²) in [6.07, 6.45) is 3.26. The van der Waals surface area contributed by atoms with Gasteiger partial charge in [-0.3, -0.25) is 9.59 Å². The van der Waals surface area contributed by atoms with E-state index in [1.807, 2.05) is 26.8 Å². The molecular formula is C28H34O6. The molecule has 2 aromatic rings. The minimum atomic E-state index is -1.00. The highest BCUT2D eigenvalue weighted by atomic mass is 16.6. The number of Topliss-reactive ketones (excluding diaryl/α,β-unsaturated/α-hetero) is 1.